The Bertz CT molecular complexity index is 657. The van der Waals surface area contributed by atoms with Crippen LogP contribution in [-0.4, -0.2) is 59.2 Å². The summed E-state index contributed by atoms with van der Waals surface area (Å²) in [6.07, 6.45) is 1.99. The van der Waals surface area contributed by atoms with Gasteiger partial charge in [0.25, 0.3) is 0 Å². The second-order valence-corrected chi connectivity index (χ2v) is 8.22. The van der Waals surface area contributed by atoms with E-state index in [1.165, 1.54) is 10.6 Å². The van der Waals surface area contributed by atoms with Gasteiger partial charge in [0, 0.05) is 26.1 Å². The van der Waals surface area contributed by atoms with Crippen LogP contribution in [0.15, 0.2) is 18.2 Å². The standard InChI is InChI=1S/C17H29N3O3S/c1-14-8-6-9-16(15(14)2)20(24(5,22)23)12-7-10-17(21)18-11-13-19(3)4/h6,8-9H,7,10-13H2,1-5H3,(H,18,21). The second-order valence-electron chi connectivity index (χ2n) is 6.31. The minimum Gasteiger partial charge on any atom is -0.355 e. The van der Waals surface area contributed by atoms with E-state index in [1.807, 2.05) is 45.0 Å². The van der Waals surface area contributed by atoms with Crippen molar-refractivity contribution in [3.63, 3.8) is 0 Å². The van der Waals surface area contributed by atoms with E-state index in [0.29, 0.717) is 31.6 Å². The molecule has 0 bridgehead atoms. The number of hydrogen-bond acceptors (Lipinski definition) is 4. The van der Waals surface area contributed by atoms with Crippen LogP contribution in [-0.2, 0) is 14.8 Å². The van der Waals surface area contributed by atoms with Crippen LogP contribution in [0.3, 0.4) is 0 Å². The maximum absolute atomic E-state index is 12.1. The first-order chi connectivity index (χ1) is 11.1. The fourth-order valence-electron chi connectivity index (χ4n) is 2.36. The summed E-state index contributed by atoms with van der Waals surface area (Å²) in [4.78, 5) is 13.8. The van der Waals surface area contributed by atoms with Crippen LogP contribution in [0.1, 0.15) is 24.0 Å². The lowest BCUT2D eigenvalue weighted by Crippen LogP contribution is -2.34. The third-order valence-electron chi connectivity index (χ3n) is 3.89. The van der Waals surface area contributed by atoms with E-state index in [-0.39, 0.29) is 5.91 Å². The Balaban J connectivity index is 2.66. The molecule has 0 unspecified atom stereocenters. The molecule has 0 aliphatic carbocycles. The number of nitrogens with zero attached hydrogens (tertiary/aromatic N) is 2. The van der Waals surface area contributed by atoms with Crippen LogP contribution >= 0.6 is 0 Å². The Morgan fingerprint density at radius 1 is 1.17 bits per heavy atom. The smallest absolute Gasteiger partial charge is 0.232 e. The van der Waals surface area contributed by atoms with E-state index in [9.17, 15) is 13.2 Å². The first-order valence-electron chi connectivity index (χ1n) is 8.08. The number of carbonyl (C=O) groups is 1. The number of sulfonamides is 1. The molecule has 0 aromatic heterocycles. The Morgan fingerprint density at radius 2 is 1.83 bits per heavy atom. The topological polar surface area (TPSA) is 69.7 Å². The highest BCUT2D eigenvalue weighted by Crippen LogP contribution is 2.25. The minimum atomic E-state index is -3.39. The van der Waals surface area contributed by atoms with Crippen LogP contribution in [0.5, 0.6) is 0 Å². The third-order valence-corrected chi connectivity index (χ3v) is 5.07. The number of likely N-dealkylation sites (N-methyl/N-ethyl adjacent to an activating group) is 1. The summed E-state index contributed by atoms with van der Waals surface area (Å²) in [6.45, 7) is 5.54. The molecule has 1 N–H and O–H groups in total. The molecular formula is C17H29N3O3S. The normalized spacial score (nSPS) is 11.6. The van der Waals surface area contributed by atoms with Crippen LogP contribution in [0.25, 0.3) is 0 Å². The first-order valence-corrected chi connectivity index (χ1v) is 9.93. The lowest BCUT2D eigenvalue weighted by Gasteiger charge is -2.25. The van der Waals surface area contributed by atoms with Crippen molar-refractivity contribution in [2.45, 2.75) is 26.7 Å². The van der Waals surface area contributed by atoms with E-state index in [2.05, 4.69) is 5.32 Å². The second kappa shape index (κ2) is 9.03. The van der Waals surface area contributed by atoms with Gasteiger partial charge >= 0.3 is 0 Å². The molecule has 1 rings (SSSR count). The van der Waals surface area contributed by atoms with E-state index in [4.69, 9.17) is 0 Å². The largest absolute Gasteiger partial charge is 0.355 e. The van der Waals surface area contributed by atoms with Gasteiger partial charge < -0.3 is 10.2 Å². The maximum atomic E-state index is 12.1. The average molecular weight is 356 g/mol. The molecule has 0 saturated heterocycles. The van der Waals surface area contributed by atoms with E-state index in [0.717, 1.165) is 17.7 Å². The predicted octanol–water partition coefficient (Wildman–Crippen LogP) is 1.53. The van der Waals surface area contributed by atoms with Gasteiger partial charge in [0.2, 0.25) is 15.9 Å². The zero-order chi connectivity index (χ0) is 18.3. The number of amides is 1. The molecule has 0 aliphatic rings. The Hall–Kier alpha value is -1.60. The van der Waals surface area contributed by atoms with Crippen molar-refractivity contribution in [2.75, 3.05) is 44.3 Å². The summed E-state index contributed by atoms with van der Waals surface area (Å²) < 4.78 is 25.7. The number of rotatable bonds is 9. The minimum absolute atomic E-state index is 0.0498. The Morgan fingerprint density at radius 3 is 2.42 bits per heavy atom. The fourth-order valence-corrected chi connectivity index (χ4v) is 3.38. The molecule has 7 heteroatoms. The van der Waals surface area contributed by atoms with Gasteiger partial charge in [0.1, 0.15) is 0 Å². The number of aryl methyl sites for hydroxylation is 1. The molecule has 1 aromatic rings. The molecule has 1 amide bonds. The van der Waals surface area contributed by atoms with Gasteiger partial charge in [-0.2, -0.15) is 0 Å². The fraction of sp³-hybridized carbons (Fsp3) is 0.588. The predicted molar refractivity (Wildman–Crippen MR) is 98.9 cm³/mol. The summed E-state index contributed by atoms with van der Waals surface area (Å²) in [5, 5.41) is 2.84. The lowest BCUT2D eigenvalue weighted by atomic mass is 10.1. The summed E-state index contributed by atoms with van der Waals surface area (Å²) >= 11 is 0. The summed E-state index contributed by atoms with van der Waals surface area (Å²) in [5.74, 6) is -0.0498. The number of benzene rings is 1. The zero-order valence-electron chi connectivity index (χ0n) is 15.3. The van der Waals surface area contributed by atoms with Gasteiger partial charge in [-0.3, -0.25) is 9.10 Å². The van der Waals surface area contributed by atoms with Crippen molar-refractivity contribution in [1.29, 1.82) is 0 Å². The first kappa shape index (κ1) is 20.4. The van der Waals surface area contributed by atoms with Crippen molar-refractivity contribution in [2.24, 2.45) is 0 Å². The Kier molecular flexibility index (Phi) is 7.69. The molecule has 6 nitrogen and oxygen atoms in total. The zero-order valence-corrected chi connectivity index (χ0v) is 16.1. The highest BCUT2D eigenvalue weighted by Gasteiger charge is 2.19. The van der Waals surface area contributed by atoms with Crippen molar-refractivity contribution in [3.8, 4) is 0 Å². The SMILES string of the molecule is Cc1cccc(N(CCCC(=O)NCCN(C)C)S(C)(=O)=O)c1C. The third kappa shape index (κ3) is 6.49. The van der Waals surface area contributed by atoms with Crippen molar-refractivity contribution in [1.82, 2.24) is 10.2 Å². The number of anilines is 1. The van der Waals surface area contributed by atoms with Gasteiger partial charge in [-0.25, -0.2) is 8.42 Å². The van der Waals surface area contributed by atoms with Gasteiger partial charge in [-0.05, 0) is 51.6 Å². The van der Waals surface area contributed by atoms with Crippen molar-refractivity contribution in [3.05, 3.63) is 29.3 Å². The van der Waals surface area contributed by atoms with Crippen LogP contribution in [0.2, 0.25) is 0 Å². The van der Waals surface area contributed by atoms with E-state index >= 15 is 0 Å². The number of hydrogen-bond donors (Lipinski definition) is 1. The molecule has 136 valence electrons. The molecule has 24 heavy (non-hydrogen) atoms. The number of nitrogens with one attached hydrogen (secondary N) is 1. The Labute approximate surface area is 145 Å². The monoisotopic (exact) mass is 355 g/mol. The molecule has 0 radical (unpaired) electrons. The maximum Gasteiger partial charge on any atom is 0.232 e. The van der Waals surface area contributed by atoms with Crippen LogP contribution in [0, 0.1) is 13.8 Å². The van der Waals surface area contributed by atoms with Gasteiger partial charge in [-0.1, -0.05) is 12.1 Å². The molecular weight excluding hydrogens is 326 g/mol. The van der Waals surface area contributed by atoms with Gasteiger partial charge in [0.15, 0.2) is 0 Å². The molecule has 0 atom stereocenters. The highest BCUT2D eigenvalue weighted by atomic mass is 32.2. The van der Waals surface area contributed by atoms with Gasteiger partial charge in [0.05, 0.1) is 11.9 Å². The van der Waals surface area contributed by atoms with E-state index < -0.39 is 10.0 Å². The summed E-state index contributed by atoms with van der Waals surface area (Å²) in [5.41, 5.74) is 2.67. The molecule has 0 heterocycles. The van der Waals surface area contributed by atoms with Crippen molar-refractivity contribution < 1.29 is 13.2 Å². The van der Waals surface area contributed by atoms with Gasteiger partial charge in [-0.15, -0.1) is 0 Å². The molecule has 0 aliphatic heterocycles. The molecule has 0 spiro atoms. The molecule has 0 saturated carbocycles. The van der Waals surface area contributed by atoms with E-state index in [1.54, 1.807) is 6.07 Å². The molecule has 0 fully saturated rings. The summed E-state index contributed by atoms with van der Waals surface area (Å²) in [7, 11) is 0.501. The van der Waals surface area contributed by atoms with Crippen molar-refractivity contribution >= 4 is 21.6 Å². The van der Waals surface area contributed by atoms with Crippen LogP contribution < -0.4 is 9.62 Å². The number of carbonyl (C=O) groups excluding carboxylic acids is 1. The quantitative estimate of drug-likeness (QED) is 0.729. The lowest BCUT2D eigenvalue weighted by molar-refractivity contribution is -0.121. The van der Waals surface area contributed by atoms with Crippen LogP contribution in [0.4, 0.5) is 5.69 Å². The summed E-state index contributed by atoms with van der Waals surface area (Å²) in [6, 6.07) is 5.61. The average Bonchev–Trinajstić information content (AvgIpc) is 2.45. The molecule has 1 aromatic carbocycles. The highest BCUT2D eigenvalue weighted by molar-refractivity contribution is 7.92.